The van der Waals surface area contributed by atoms with Crippen LogP contribution >= 0.6 is 0 Å². The van der Waals surface area contributed by atoms with Crippen LogP contribution in [0.15, 0.2) is 156 Å². The number of para-hydroxylation sites is 1. The highest BCUT2D eigenvalue weighted by molar-refractivity contribution is 6.36. The lowest BCUT2D eigenvalue weighted by Crippen LogP contribution is -1.95. The first-order valence-electron chi connectivity index (χ1n) is 15.5. The number of nitrogens with zero attached hydrogens (tertiary/aromatic N) is 3. The summed E-state index contributed by atoms with van der Waals surface area (Å²) >= 11 is 0. The van der Waals surface area contributed by atoms with Crippen molar-refractivity contribution in [2.45, 2.75) is 0 Å². The largest absolute Gasteiger partial charge is 0.455 e. The minimum Gasteiger partial charge on any atom is -0.455 e. The molecule has 0 unspecified atom stereocenters. The van der Waals surface area contributed by atoms with E-state index in [1.807, 2.05) is 12.1 Å². The van der Waals surface area contributed by atoms with E-state index in [2.05, 4.69) is 142 Å². The Hall–Kier alpha value is -6.26. The lowest BCUT2D eigenvalue weighted by molar-refractivity contribution is 0.673. The standard InChI is InChI=1S/C42H25N3O/c1-2-10-26(11-3-1)27-18-20-28(21-19-27)45-36-23-22-34-33-16-8-17-35(42-43-24-9-25-44-42)40(33)46-41(34)38(36)37-31-14-6-4-12-29(31)30-13-5-7-15-32(30)39(37)45/h1-25H. The second-order valence-corrected chi connectivity index (χ2v) is 11.8. The number of hydrogen-bond acceptors (Lipinski definition) is 3. The summed E-state index contributed by atoms with van der Waals surface area (Å²) in [6, 6.07) is 49.5. The molecule has 214 valence electrons. The summed E-state index contributed by atoms with van der Waals surface area (Å²) in [5.74, 6) is 0.653. The Labute approximate surface area is 263 Å². The third kappa shape index (κ3) is 3.49. The van der Waals surface area contributed by atoms with Crippen molar-refractivity contribution in [3.05, 3.63) is 152 Å². The molecule has 0 atom stereocenters. The van der Waals surface area contributed by atoms with Crippen LogP contribution in [0.2, 0.25) is 0 Å². The maximum atomic E-state index is 6.95. The van der Waals surface area contributed by atoms with E-state index in [9.17, 15) is 0 Å². The van der Waals surface area contributed by atoms with Crippen molar-refractivity contribution in [3.63, 3.8) is 0 Å². The summed E-state index contributed by atoms with van der Waals surface area (Å²) in [6.45, 7) is 0. The molecule has 3 heterocycles. The molecular weight excluding hydrogens is 562 g/mol. The molecular formula is C42H25N3O. The maximum Gasteiger partial charge on any atom is 0.162 e. The van der Waals surface area contributed by atoms with Gasteiger partial charge in [0.1, 0.15) is 11.2 Å². The zero-order valence-corrected chi connectivity index (χ0v) is 24.7. The summed E-state index contributed by atoms with van der Waals surface area (Å²) in [5.41, 5.74) is 8.34. The zero-order chi connectivity index (χ0) is 30.2. The predicted molar refractivity (Wildman–Crippen MR) is 190 cm³/mol. The van der Waals surface area contributed by atoms with Crippen molar-refractivity contribution in [1.29, 1.82) is 0 Å². The molecule has 46 heavy (non-hydrogen) atoms. The monoisotopic (exact) mass is 587 g/mol. The van der Waals surface area contributed by atoms with Gasteiger partial charge in [-0.15, -0.1) is 0 Å². The van der Waals surface area contributed by atoms with Gasteiger partial charge in [-0.3, -0.25) is 0 Å². The van der Waals surface area contributed by atoms with E-state index >= 15 is 0 Å². The van der Waals surface area contributed by atoms with Crippen molar-refractivity contribution < 1.29 is 4.42 Å². The fourth-order valence-corrected chi connectivity index (χ4v) is 7.32. The minimum atomic E-state index is 0.653. The highest BCUT2D eigenvalue weighted by Gasteiger charge is 2.24. The van der Waals surface area contributed by atoms with E-state index < -0.39 is 0 Å². The summed E-state index contributed by atoms with van der Waals surface area (Å²) in [4.78, 5) is 9.11. The zero-order valence-electron chi connectivity index (χ0n) is 24.7. The molecule has 0 saturated heterocycles. The maximum absolute atomic E-state index is 6.95. The molecule has 0 spiro atoms. The molecule has 0 radical (unpaired) electrons. The van der Waals surface area contributed by atoms with Crippen LogP contribution in [0.25, 0.3) is 93.5 Å². The van der Waals surface area contributed by atoms with Crippen molar-refractivity contribution in [2.75, 3.05) is 0 Å². The smallest absolute Gasteiger partial charge is 0.162 e. The Morgan fingerprint density at radius 3 is 1.85 bits per heavy atom. The quantitative estimate of drug-likeness (QED) is 0.193. The third-order valence-corrected chi connectivity index (χ3v) is 9.30. The fraction of sp³-hybridized carbons (Fsp3) is 0. The molecule has 0 bridgehead atoms. The molecule has 0 fully saturated rings. The Kier molecular flexibility index (Phi) is 5.25. The van der Waals surface area contributed by atoms with Crippen molar-refractivity contribution >= 4 is 65.3 Å². The molecule has 0 amide bonds. The van der Waals surface area contributed by atoms with E-state index in [1.165, 1.54) is 43.6 Å². The van der Waals surface area contributed by atoms with Crippen LogP contribution in [-0.4, -0.2) is 14.5 Å². The van der Waals surface area contributed by atoms with Gasteiger partial charge in [-0.25, -0.2) is 9.97 Å². The highest BCUT2D eigenvalue weighted by atomic mass is 16.3. The van der Waals surface area contributed by atoms with Crippen LogP contribution in [0.1, 0.15) is 0 Å². The number of hydrogen-bond donors (Lipinski definition) is 0. The minimum absolute atomic E-state index is 0.653. The molecule has 7 aromatic carbocycles. The molecule has 0 saturated carbocycles. The van der Waals surface area contributed by atoms with Crippen LogP contribution in [0.5, 0.6) is 0 Å². The Balaban J connectivity index is 1.38. The molecule has 0 aliphatic heterocycles. The van der Waals surface area contributed by atoms with Gasteiger partial charge in [0.05, 0.1) is 22.0 Å². The second kappa shape index (κ2) is 9.62. The summed E-state index contributed by atoms with van der Waals surface area (Å²) in [5, 5.41) is 9.32. The van der Waals surface area contributed by atoms with Crippen LogP contribution in [-0.2, 0) is 0 Å². The second-order valence-electron chi connectivity index (χ2n) is 11.8. The van der Waals surface area contributed by atoms with Crippen LogP contribution in [0.4, 0.5) is 0 Å². The average Bonchev–Trinajstić information content (AvgIpc) is 3.69. The van der Waals surface area contributed by atoms with E-state index in [4.69, 9.17) is 4.42 Å². The van der Waals surface area contributed by atoms with Gasteiger partial charge < -0.3 is 8.98 Å². The number of fused-ring (bicyclic) bond motifs is 12. The van der Waals surface area contributed by atoms with Gasteiger partial charge in [0.25, 0.3) is 0 Å². The number of furan rings is 1. The molecule has 4 nitrogen and oxygen atoms in total. The summed E-state index contributed by atoms with van der Waals surface area (Å²) < 4.78 is 9.37. The van der Waals surface area contributed by atoms with E-state index in [1.54, 1.807) is 12.4 Å². The van der Waals surface area contributed by atoms with Crippen LogP contribution in [0.3, 0.4) is 0 Å². The van der Waals surface area contributed by atoms with Gasteiger partial charge in [-0.2, -0.15) is 0 Å². The van der Waals surface area contributed by atoms with E-state index in [0.717, 1.165) is 44.1 Å². The van der Waals surface area contributed by atoms with Gasteiger partial charge in [0.2, 0.25) is 0 Å². The Morgan fingerprint density at radius 1 is 0.435 bits per heavy atom. The first kappa shape index (κ1) is 25.1. The SMILES string of the molecule is c1ccc(-c2ccc(-n3c4ccc5c6cccc(-c7ncccn7)c6oc5c4c4c5ccccc5c5ccccc5c43)cc2)cc1. The third-order valence-electron chi connectivity index (χ3n) is 9.30. The van der Waals surface area contributed by atoms with E-state index in [0.29, 0.717) is 5.82 Å². The van der Waals surface area contributed by atoms with Crippen LogP contribution in [0, 0.1) is 0 Å². The van der Waals surface area contributed by atoms with Crippen molar-refractivity contribution in [2.24, 2.45) is 0 Å². The topological polar surface area (TPSA) is 43.9 Å². The highest BCUT2D eigenvalue weighted by Crippen LogP contribution is 2.47. The molecule has 10 rings (SSSR count). The average molecular weight is 588 g/mol. The molecule has 0 aliphatic carbocycles. The van der Waals surface area contributed by atoms with Crippen molar-refractivity contribution in [3.8, 4) is 28.2 Å². The lowest BCUT2D eigenvalue weighted by Gasteiger charge is -2.12. The van der Waals surface area contributed by atoms with E-state index in [-0.39, 0.29) is 0 Å². The summed E-state index contributed by atoms with van der Waals surface area (Å²) in [7, 11) is 0. The number of aromatic nitrogens is 3. The number of rotatable bonds is 3. The predicted octanol–water partition coefficient (Wildman–Crippen LogP) is 11.1. The van der Waals surface area contributed by atoms with Gasteiger partial charge in [0, 0.05) is 39.6 Å². The fourth-order valence-electron chi connectivity index (χ4n) is 7.32. The molecule has 3 aromatic heterocycles. The first-order valence-corrected chi connectivity index (χ1v) is 15.5. The molecule has 10 aromatic rings. The molecule has 4 heteroatoms. The number of benzene rings is 7. The van der Waals surface area contributed by atoms with Crippen molar-refractivity contribution in [1.82, 2.24) is 14.5 Å². The Morgan fingerprint density at radius 2 is 1.07 bits per heavy atom. The Bertz CT molecular complexity index is 2780. The molecule has 0 N–H and O–H groups in total. The lowest BCUT2D eigenvalue weighted by atomic mass is 9.96. The van der Waals surface area contributed by atoms with Gasteiger partial charge >= 0.3 is 0 Å². The van der Waals surface area contributed by atoms with Gasteiger partial charge in [-0.1, -0.05) is 103 Å². The normalized spacial score (nSPS) is 11.9. The van der Waals surface area contributed by atoms with Crippen LogP contribution < -0.4 is 0 Å². The van der Waals surface area contributed by atoms with Gasteiger partial charge in [-0.05, 0) is 63.7 Å². The molecule has 0 aliphatic rings. The van der Waals surface area contributed by atoms with Gasteiger partial charge in [0.15, 0.2) is 5.82 Å². The first-order chi connectivity index (χ1) is 22.8. The summed E-state index contributed by atoms with van der Waals surface area (Å²) in [6.07, 6.45) is 3.55.